The minimum Gasteiger partial charge on any atom is -0.443 e. The van der Waals surface area contributed by atoms with Crippen LogP contribution in [-0.2, 0) is 29.6 Å². The molecule has 1 aromatic carbocycles. The Kier molecular flexibility index (Phi) is 6.22. The highest BCUT2D eigenvalue weighted by atomic mass is 79.9. The lowest BCUT2D eigenvalue weighted by Crippen LogP contribution is -2.36. The molecular weight excluding hydrogens is 473 g/mol. The number of anilines is 1. The van der Waals surface area contributed by atoms with Crippen molar-refractivity contribution in [1.82, 2.24) is 0 Å². The van der Waals surface area contributed by atoms with Crippen molar-refractivity contribution in [3.63, 3.8) is 0 Å². The molecule has 1 atom stereocenters. The van der Waals surface area contributed by atoms with Crippen LogP contribution in [0.5, 0.6) is 0 Å². The molecule has 1 heterocycles. The fraction of sp³-hybridized carbons (Fsp3) is 0.333. The van der Waals surface area contributed by atoms with E-state index in [2.05, 4.69) is 20.9 Å². The molecule has 1 aliphatic heterocycles. The molecule has 148 valence electrons. The quantitative estimate of drug-likeness (QED) is 0.618. The van der Waals surface area contributed by atoms with E-state index >= 15 is 0 Å². The smallest absolute Gasteiger partial charge is 0.420 e. The van der Waals surface area contributed by atoms with Crippen LogP contribution in [0, 0.1) is 0 Å². The molecule has 0 saturated heterocycles. The number of ether oxygens (including phenoxy) is 1. The number of alkyl halides is 3. The number of hydrogen-bond acceptors (Lipinski definition) is 5. The fourth-order valence-electron chi connectivity index (χ4n) is 1.96. The zero-order valence-corrected chi connectivity index (χ0v) is 17.5. The largest absolute Gasteiger partial charge is 0.443 e. The van der Waals surface area contributed by atoms with Gasteiger partial charge < -0.3 is 4.74 Å². The third kappa shape index (κ3) is 5.42. The van der Waals surface area contributed by atoms with Crippen molar-refractivity contribution in [1.29, 1.82) is 0 Å². The molecule has 1 amide bonds. The Labute approximate surface area is 165 Å². The summed E-state index contributed by atoms with van der Waals surface area (Å²) in [7, 11) is -3.89. The van der Waals surface area contributed by atoms with E-state index in [0.717, 1.165) is 22.6 Å². The lowest BCUT2D eigenvalue weighted by atomic mass is 10.2. The standard InChI is InChI=1S/C15H14BrF3N2O4S2/c1-14(2,3)25-13(22)21(12-7-26(8-20-12)27(23)24)9-4-5-11(16)10(6-9)15(17,18)19/h4-8H,1-3H3. The molecule has 0 spiro atoms. The van der Waals surface area contributed by atoms with Gasteiger partial charge in [0, 0.05) is 19.3 Å². The summed E-state index contributed by atoms with van der Waals surface area (Å²) in [6.07, 6.45) is -5.65. The zero-order valence-electron chi connectivity index (χ0n) is 14.2. The predicted octanol–water partition coefficient (Wildman–Crippen LogP) is 4.46. The highest BCUT2D eigenvalue weighted by molar-refractivity contribution is 9.10. The molecular formula is C15H14BrF3N2O4S2. The number of hydrogen-bond donors (Lipinski definition) is 0. The van der Waals surface area contributed by atoms with Gasteiger partial charge in [0.2, 0.25) is 9.26 Å². The summed E-state index contributed by atoms with van der Waals surface area (Å²) in [4.78, 5) is 17.3. The summed E-state index contributed by atoms with van der Waals surface area (Å²) in [5, 5.41) is 1.17. The van der Waals surface area contributed by atoms with Crippen LogP contribution in [-0.4, -0.2) is 25.7 Å². The summed E-state index contributed by atoms with van der Waals surface area (Å²) in [6, 6.07) is 3.17. The van der Waals surface area contributed by atoms with Crippen molar-refractivity contribution in [3.8, 4) is 0 Å². The van der Waals surface area contributed by atoms with Crippen LogP contribution in [0.3, 0.4) is 0 Å². The lowest BCUT2D eigenvalue weighted by molar-refractivity contribution is -0.138. The third-order valence-electron chi connectivity index (χ3n) is 2.99. The monoisotopic (exact) mass is 486 g/mol. The summed E-state index contributed by atoms with van der Waals surface area (Å²) in [5.41, 5.74) is -0.990. The molecule has 27 heavy (non-hydrogen) atoms. The number of aliphatic imine (C=N–C) groups is 1. The Balaban J connectivity index is 2.61. The Morgan fingerprint density at radius 2 is 1.89 bits per heavy atom. The van der Waals surface area contributed by atoms with E-state index in [1.54, 1.807) is 20.8 Å². The zero-order chi connectivity index (χ0) is 20.6. The second-order valence-corrected chi connectivity index (χ2v) is 10.6. The van der Waals surface area contributed by atoms with Gasteiger partial charge in [0.1, 0.15) is 11.4 Å². The fourth-order valence-corrected chi connectivity index (χ4v) is 4.06. The van der Waals surface area contributed by atoms with E-state index in [1.807, 2.05) is 0 Å². The summed E-state index contributed by atoms with van der Waals surface area (Å²) in [6.45, 7) is 4.78. The highest BCUT2D eigenvalue weighted by Gasteiger charge is 2.35. The van der Waals surface area contributed by atoms with Crippen LogP contribution >= 0.6 is 15.9 Å². The Morgan fingerprint density at radius 3 is 2.37 bits per heavy atom. The van der Waals surface area contributed by atoms with Gasteiger partial charge in [0.05, 0.1) is 16.8 Å². The minimum atomic E-state index is -4.66. The van der Waals surface area contributed by atoms with Crippen LogP contribution in [0.2, 0.25) is 0 Å². The lowest BCUT2D eigenvalue weighted by Gasteiger charge is -2.27. The van der Waals surface area contributed by atoms with Gasteiger partial charge >= 0.3 is 12.3 Å². The normalized spacial score (nSPS) is 16.9. The van der Waals surface area contributed by atoms with E-state index in [-0.39, 0.29) is 16.0 Å². The van der Waals surface area contributed by atoms with Gasteiger partial charge in [-0.25, -0.2) is 14.7 Å². The van der Waals surface area contributed by atoms with Gasteiger partial charge in [0.25, 0.3) is 0 Å². The second-order valence-electron chi connectivity index (χ2n) is 6.22. The van der Waals surface area contributed by atoms with E-state index in [9.17, 15) is 26.4 Å². The molecule has 0 fully saturated rings. The molecule has 6 nitrogen and oxygen atoms in total. The van der Waals surface area contributed by atoms with Crippen molar-refractivity contribution in [2.75, 3.05) is 4.90 Å². The summed E-state index contributed by atoms with van der Waals surface area (Å²) < 4.78 is 67.0. The minimum absolute atomic E-state index is 0.132. The first kappa shape index (κ1) is 21.6. The van der Waals surface area contributed by atoms with Crippen LogP contribution in [0.1, 0.15) is 26.3 Å². The van der Waals surface area contributed by atoms with Crippen LogP contribution < -0.4 is 4.90 Å². The van der Waals surface area contributed by atoms with E-state index in [1.165, 1.54) is 11.5 Å². The number of halogens is 4. The Hall–Kier alpha value is -1.66. The van der Waals surface area contributed by atoms with Crippen LogP contribution in [0.4, 0.5) is 23.7 Å². The molecule has 0 bridgehead atoms. The van der Waals surface area contributed by atoms with E-state index in [4.69, 9.17) is 4.74 Å². The van der Waals surface area contributed by atoms with Crippen molar-refractivity contribution >= 4 is 52.0 Å². The SMILES string of the molecule is CC(C)(C)OC(=O)N(C1=CS(=S(=O)=O)C=N1)c1ccc(Br)c(C(F)(F)F)c1. The van der Waals surface area contributed by atoms with Crippen molar-refractivity contribution in [2.24, 2.45) is 4.99 Å². The molecule has 0 aliphatic carbocycles. The topological polar surface area (TPSA) is 76.0 Å². The second kappa shape index (κ2) is 7.76. The Morgan fingerprint density at radius 1 is 1.26 bits per heavy atom. The van der Waals surface area contributed by atoms with Crippen molar-refractivity contribution in [2.45, 2.75) is 32.5 Å². The number of rotatable bonds is 2. The van der Waals surface area contributed by atoms with Crippen molar-refractivity contribution < 1.29 is 31.1 Å². The van der Waals surface area contributed by atoms with Crippen LogP contribution in [0.25, 0.3) is 0 Å². The van der Waals surface area contributed by atoms with Gasteiger partial charge in [0.15, 0.2) is 0 Å². The molecule has 0 radical (unpaired) electrons. The molecule has 2 rings (SSSR count). The van der Waals surface area contributed by atoms with Crippen molar-refractivity contribution in [3.05, 3.63) is 39.5 Å². The van der Waals surface area contributed by atoms with Crippen LogP contribution in [0.15, 0.2) is 38.9 Å². The first-order valence-corrected chi connectivity index (χ1v) is 11.0. The molecule has 1 aliphatic rings. The maximum atomic E-state index is 13.2. The number of carbonyl (C=O) groups excluding carboxylic acids is 1. The number of nitrogens with zero attached hydrogens (tertiary/aromatic N) is 2. The first-order valence-electron chi connectivity index (χ1n) is 7.27. The molecule has 1 aromatic rings. The molecule has 1 unspecified atom stereocenters. The van der Waals surface area contributed by atoms with Gasteiger partial charge in [-0.15, -0.1) is 0 Å². The number of carbonyl (C=O) groups is 1. The third-order valence-corrected chi connectivity index (χ3v) is 6.24. The van der Waals surface area contributed by atoms with Gasteiger partial charge in [-0.05, 0) is 39.0 Å². The maximum Gasteiger partial charge on any atom is 0.420 e. The molecule has 0 N–H and O–H groups in total. The summed E-state index contributed by atoms with van der Waals surface area (Å²) >= 11 is 2.83. The highest BCUT2D eigenvalue weighted by Crippen LogP contribution is 2.38. The Bertz CT molecular complexity index is 972. The molecule has 0 aromatic heterocycles. The van der Waals surface area contributed by atoms with Gasteiger partial charge in [-0.3, -0.25) is 0 Å². The average Bonchev–Trinajstić information content (AvgIpc) is 2.96. The van der Waals surface area contributed by atoms with Gasteiger partial charge in [-0.2, -0.15) is 21.6 Å². The number of benzene rings is 1. The molecule has 12 heteroatoms. The first-order chi connectivity index (χ1) is 12.3. The molecule has 0 saturated carbocycles. The number of amides is 1. The van der Waals surface area contributed by atoms with E-state index in [0.29, 0.717) is 0 Å². The van der Waals surface area contributed by atoms with E-state index < -0.39 is 42.2 Å². The van der Waals surface area contributed by atoms with Gasteiger partial charge in [-0.1, -0.05) is 15.9 Å². The predicted molar refractivity (Wildman–Crippen MR) is 101 cm³/mol. The average molecular weight is 487 g/mol. The maximum absolute atomic E-state index is 13.2. The summed E-state index contributed by atoms with van der Waals surface area (Å²) in [5.74, 6) is -0.132.